The number of carbonyl (C=O) groups is 1. The summed E-state index contributed by atoms with van der Waals surface area (Å²) in [6, 6.07) is 4.93. The highest BCUT2D eigenvalue weighted by atomic mass is 16.4. The molecule has 0 aliphatic rings. The molecule has 2 aromatic heterocycles. The first-order valence-electron chi connectivity index (χ1n) is 5.76. The van der Waals surface area contributed by atoms with Crippen molar-refractivity contribution in [3.05, 3.63) is 42.5 Å². The van der Waals surface area contributed by atoms with Crippen LogP contribution in [-0.4, -0.2) is 35.6 Å². The van der Waals surface area contributed by atoms with Gasteiger partial charge in [0.25, 0.3) is 0 Å². The lowest BCUT2D eigenvalue weighted by Crippen LogP contribution is -2.07. The highest BCUT2D eigenvalue weighted by Crippen LogP contribution is 2.15. The molecule has 3 aromatic rings. The van der Waals surface area contributed by atoms with Crippen LogP contribution in [0.1, 0.15) is 10.4 Å². The van der Waals surface area contributed by atoms with Crippen molar-refractivity contribution in [3.63, 3.8) is 0 Å². The zero-order valence-electron chi connectivity index (χ0n) is 9.97. The van der Waals surface area contributed by atoms with Crippen LogP contribution in [0.4, 0.5) is 0 Å². The summed E-state index contributed by atoms with van der Waals surface area (Å²) in [5.41, 5.74) is 1.83. The molecule has 7 heteroatoms. The van der Waals surface area contributed by atoms with Gasteiger partial charge in [0, 0.05) is 12.7 Å². The Morgan fingerprint density at radius 2 is 2.21 bits per heavy atom. The van der Waals surface area contributed by atoms with Crippen LogP contribution in [0.5, 0.6) is 0 Å². The molecule has 0 radical (unpaired) electrons. The third-order valence-electron chi connectivity index (χ3n) is 2.91. The average molecular weight is 257 g/mol. The Hall–Kier alpha value is -2.70. The first-order valence-corrected chi connectivity index (χ1v) is 5.76. The fourth-order valence-electron chi connectivity index (χ4n) is 1.94. The summed E-state index contributed by atoms with van der Waals surface area (Å²) in [4.78, 5) is 15.1. The first kappa shape index (κ1) is 11.4. The Kier molecular flexibility index (Phi) is 2.71. The fourth-order valence-corrected chi connectivity index (χ4v) is 1.94. The van der Waals surface area contributed by atoms with Gasteiger partial charge in [0.2, 0.25) is 0 Å². The number of aromatic nitrogens is 5. The SMILES string of the molecule is O=C(O)c1ccc2c(c1)ncn2CCn1ccnn1. The third kappa shape index (κ3) is 2.17. The molecule has 0 spiro atoms. The van der Waals surface area contributed by atoms with Crippen molar-refractivity contribution >= 4 is 17.0 Å². The van der Waals surface area contributed by atoms with Gasteiger partial charge in [0.15, 0.2) is 0 Å². The highest BCUT2D eigenvalue weighted by molar-refractivity contribution is 5.92. The monoisotopic (exact) mass is 257 g/mol. The zero-order chi connectivity index (χ0) is 13.2. The second kappa shape index (κ2) is 4.52. The van der Waals surface area contributed by atoms with E-state index < -0.39 is 5.97 Å². The molecule has 0 saturated heterocycles. The van der Waals surface area contributed by atoms with E-state index in [0.29, 0.717) is 18.6 Å². The van der Waals surface area contributed by atoms with Gasteiger partial charge in [-0.25, -0.2) is 9.78 Å². The smallest absolute Gasteiger partial charge is 0.335 e. The molecule has 19 heavy (non-hydrogen) atoms. The lowest BCUT2D eigenvalue weighted by molar-refractivity contribution is 0.0697. The highest BCUT2D eigenvalue weighted by Gasteiger charge is 2.07. The Bertz CT molecular complexity index is 717. The van der Waals surface area contributed by atoms with E-state index in [1.165, 1.54) is 0 Å². The maximum absolute atomic E-state index is 10.9. The Balaban J connectivity index is 1.86. The Morgan fingerprint density at radius 3 is 2.95 bits per heavy atom. The van der Waals surface area contributed by atoms with E-state index in [-0.39, 0.29) is 5.56 Å². The lowest BCUT2D eigenvalue weighted by atomic mass is 10.2. The second-order valence-corrected chi connectivity index (χ2v) is 4.11. The van der Waals surface area contributed by atoms with E-state index >= 15 is 0 Å². The molecule has 1 N–H and O–H groups in total. The van der Waals surface area contributed by atoms with Gasteiger partial charge in [0.05, 0.1) is 35.7 Å². The molecule has 0 fully saturated rings. The zero-order valence-corrected chi connectivity index (χ0v) is 9.97. The molecule has 0 saturated carbocycles. The number of fused-ring (bicyclic) bond motifs is 1. The van der Waals surface area contributed by atoms with Gasteiger partial charge in [-0.15, -0.1) is 5.10 Å². The van der Waals surface area contributed by atoms with E-state index in [1.54, 1.807) is 41.6 Å². The van der Waals surface area contributed by atoms with Crippen LogP contribution in [0.3, 0.4) is 0 Å². The molecule has 0 bridgehead atoms. The van der Waals surface area contributed by atoms with Crippen LogP contribution in [-0.2, 0) is 13.1 Å². The van der Waals surface area contributed by atoms with Gasteiger partial charge in [-0.1, -0.05) is 5.21 Å². The summed E-state index contributed by atoms with van der Waals surface area (Å²) in [7, 11) is 0. The normalized spacial score (nSPS) is 10.9. The van der Waals surface area contributed by atoms with Gasteiger partial charge in [-0.05, 0) is 18.2 Å². The molecule has 2 heterocycles. The van der Waals surface area contributed by atoms with Crippen molar-refractivity contribution in [2.45, 2.75) is 13.1 Å². The maximum atomic E-state index is 10.9. The van der Waals surface area contributed by atoms with E-state index in [2.05, 4.69) is 15.3 Å². The van der Waals surface area contributed by atoms with Crippen LogP contribution in [0.15, 0.2) is 36.9 Å². The topological polar surface area (TPSA) is 85.8 Å². The van der Waals surface area contributed by atoms with Crippen molar-refractivity contribution in [1.82, 2.24) is 24.5 Å². The summed E-state index contributed by atoms with van der Waals surface area (Å²) in [5, 5.41) is 16.6. The van der Waals surface area contributed by atoms with Crippen LogP contribution in [0.25, 0.3) is 11.0 Å². The van der Waals surface area contributed by atoms with E-state index in [1.807, 2.05) is 4.57 Å². The van der Waals surface area contributed by atoms with Crippen LogP contribution < -0.4 is 0 Å². The van der Waals surface area contributed by atoms with E-state index in [0.717, 1.165) is 5.52 Å². The summed E-state index contributed by atoms with van der Waals surface area (Å²) >= 11 is 0. The minimum atomic E-state index is -0.945. The lowest BCUT2D eigenvalue weighted by Gasteiger charge is -2.04. The molecular weight excluding hydrogens is 246 g/mol. The van der Waals surface area contributed by atoms with Crippen molar-refractivity contribution < 1.29 is 9.90 Å². The molecule has 0 atom stereocenters. The number of rotatable bonds is 4. The third-order valence-corrected chi connectivity index (χ3v) is 2.91. The fraction of sp³-hybridized carbons (Fsp3) is 0.167. The van der Waals surface area contributed by atoms with Crippen LogP contribution in [0.2, 0.25) is 0 Å². The van der Waals surface area contributed by atoms with Crippen molar-refractivity contribution in [1.29, 1.82) is 0 Å². The number of aryl methyl sites for hydroxylation is 2. The number of aromatic carboxylic acids is 1. The number of hydrogen-bond acceptors (Lipinski definition) is 4. The number of carboxylic acids is 1. The standard InChI is InChI=1S/C12H11N5O2/c18-12(19)9-1-2-11-10(7-9)13-8-16(11)5-6-17-4-3-14-15-17/h1-4,7-8H,5-6H2,(H,18,19). The first-order chi connectivity index (χ1) is 9.24. The molecule has 7 nitrogen and oxygen atoms in total. The van der Waals surface area contributed by atoms with Gasteiger partial charge in [-0.3, -0.25) is 4.68 Å². The van der Waals surface area contributed by atoms with E-state index in [4.69, 9.17) is 5.11 Å². The summed E-state index contributed by atoms with van der Waals surface area (Å²) in [6.45, 7) is 1.39. The van der Waals surface area contributed by atoms with Gasteiger partial charge >= 0.3 is 5.97 Å². The molecule has 0 aliphatic heterocycles. The van der Waals surface area contributed by atoms with Gasteiger partial charge in [-0.2, -0.15) is 0 Å². The number of nitrogens with zero attached hydrogens (tertiary/aromatic N) is 5. The molecule has 96 valence electrons. The minimum Gasteiger partial charge on any atom is -0.478 e. The van der Waals surface area contributed by atoms with Crippen molar-refractivity contribution in [2.24, 2.45) is 0 Å². The van der Waals surface area contributed by atoms with Crippen LogP contribution >= 0.6 is 0 Å². The van der Waals surface area contributed by atoms with Gasteiger partial charge < -0.3 is 9.67 Å². The number of imidazole rings is 1. The van der Waals surface area contributed by atoms with Crippen LogP contribution in [0, 0.1) is 0 Å². The largest absolute Gasteiger partial charge is 0.478 e. The maximum Gasteiger partial charge on any atom is 0.335 e. The Labute approximate surface area is 108 Å². The number of carboxylic acid groups (broad SMARTS) is 1. The molecule has 0 unspecified atom stereocenters. The predicted molar refractivity (Wildman–Crippen MR) is 66.7 cm³/mol. The predicted octanol–water partition coefficient (Wildman–Crippen LogP) is 1.03. The molecular formula is C12H11N5O2. The van der Waals surface area contributed by atoms with Gasteiger partial charge in [0.1, 0.15) is 0 Å². The summed E-state index contributed by atoms with van der Waals surface area (Å²) in [5.74, 6) is -0.945. The number of benzene rings is 1. The number of hydrogen-bond donors (Lipinski definition) is 1. The van der Waals surface area contributed by atoms with Crippen molar-refractivity contribution in [2.75, 3.05) is 0 Å². The molecule has 1 aromatic carbocycles. The second-order valence-electron chi connectivity index (χ2n) is 4.11. The average Bonchev–Trinajstić information content (AvgIpc) is 3.05. The summed E-state index contributed by atoms with van der Waals surface area (Å²) < 4.78 is 3.69. The summed E-state index contributed by atoms with van der Waals surface area (Å²) in [6.07, 6.45) is 5.13. The van der Waals surface area contributed by atoms with Crippen molar-refractivity contribution in [3.8, 4) is 0 Å². The Morgan fingerprint density at radius 1 is 1.32 bits per heavy atom. The molecule has 0 aliphatic carbocycles. The van der Waals surface area contributed by atoms with E-state index in [9.17, 15) is 4.79 Å². The molecule has 3 rings (SSSR count). The molecule has 0 amide bonds. The minimum absolute atomic E-state index is 0.244. The quantitative estimate of drug-likeness (QED) is 0.754.